The summed E-state index contributed by atoms with van der Waals surface area (Å²) in [5.41, 5.74) is 1.16. The van der Waals surface area contributed by atoms with E-state index in [1.165, 1.54) is 12.1 Å². The molecule has 0 bridgehead atoms. The number of sulfonamides is 1. The van der Waals surface area contributed by atoms with E-state index in [0.717, 1.165) is 12.0 Å². The molecular weight excluding hydrogens is 268 g/mol. The van der Waals surface area contributed by atoms with Gasteiger partial charge in [-0.1, -0.05) is 13.0 Å². The van der Waals surface area contributed by atoms with Crippen molar-refractivity contribution in [2.24, 2.45) is 5.14 Å². The van der Waals surface area contributed by atoms with Gasteiger partial charge in [0.05, 0.1) is 4.90 Å². The second-order valence-corrected chi connectivity index (χ2v) is 5.68. The van der Waals surface area contributed by atoms with E-state index >= 15 is 0 Å². The zero-order chi connectivity index (χ0) is 14.5. The number of carbonyl (C=O) groups is 1. The number of hydrogen-bond donors (Lipinski definition) is 2. The number of hydrogen-bond acceptors (Lipinski definition) is 4. The average molecular weight is 286 g/mol. The molecule has 0 radical (unpaired) electrons. The fraction of sp³-hybridized carbons (Fsp3) is 0.417. The Morgan fingerprint density at radius 3 is 2.68 bits per heavy atom. The highest BCUT2D eigenvalue weighted by Crippen LogP contribution is 2.19. The Morgan fingerprint density at radius 1 is 1.42 bits per heavy atom. The quantitative estimate of drug-likeness (QED) is 0.762. The number of anilines is 1. The number of nitrogens with two attached hydrogens (primary N) is 1. The van der Waals surface area contributed by atoms with Crippen LogP contribution in [-0.4, -0.2) is 27.5 Å². The Kier molecular flexibility index (Phi) is 5.46. The highest BCUT2D eigenvalue weighted by molar-refractivity contribution is 7.89. The predicted octanol–water partition coefficient (Wildman–Crippen LogP) is 1.01. The number of carbonyl (C=O) groups excluding carboxylic acids is 1. The van der Waals surface area contributed by atoms with E-state index in [4.69, 9.17) is 9.88 Å². The highest BCUT2D eigenvalue weighted by atomic mass is 32.2. The molecule has 3 N–H and O–H groups in total. The summed E-state index contributed by atoms with van der Waals surface area (Å²) in [6.45, 7) is 4.14. The molecule has 1 rings (SSSR count). The molecule has 0 unspecified atom stereocenters. The van der Waals surface area contributed by atoms with Crippen molar-refractivity contribution < 1.29 is 17.9 Å². The minimum Gasteiger partial charge on any atom is -0.372 e. The fourth-order valence-corrected chi connectivity index (χ4v) is 1.95. The Balaban J connectivity index is 2.80. The summed E-state index contributed by atoms with van der Waals surface area (Å²) in [5.74, 6) is -0.330. The van der Waals surface area contributed by atoms with Crippen molar-refractivity contribution >= 4 is 21.6 Å². The van der Waals surface area contributed by atoms with Crippen molar-refractivity contribution in [1.82, 2.24) is 0 Å². The van der Waals surface area contributed by atoms with Crippen LogP contribution in [0.4, 0.5) is 5.69 Å². The van der Waals surface area contributed by atoms with Crippen LogP contribution < -0.4 is 10.5 Å². The Hall–Kier alpha value is -1.44. The number of aryl methyl sites for hydroxylation is 1. The van der Waals surface area contributed by atoms with Gasteiger partial charge < -0.3 is 10.1 Å². The van der Waals surface area contributed by atoms with Crippen LogP contribution in [0.2, 0.25) is 0 Å². The molecule has 19 heavy (non-hydrogen) atoms. The number of rotatable bonds is 6. The maximum atomic E-state index is 11.6. The zero-order valence-corrected chi connectivity index (χ0v) is 11.8. The van der Waals surface area contributed by atoms with Gasteiger partial charge in [-0.25, -0.2) is 13.6 Å². The maximum Gasteiger partial charge on any atom is 0.250 e. The van der Waals surface area contributed by atoms with Crippen LogP contribution >= 0.6 is 0 Å². The molecule has 6 nitrogen and oxygen atoms in total. The summed E-state index contributed by atoms with van der Waals surface area (Å²) in [5, 5.41) is 7.64. The summed E-state index contributed by atoms with van der Waals surface area (Å²) >= 11 is 0. The van der Waals surface area contributed by atoms with Gasteiger partial charge in [-0.3, -0.25) is 4.79 Å². The van der Waals surface area contributed by atoms with Crippen LogP contribution in [-0.2, 0) is 19.6 Å². The molecule has 0 atom stereocenters. The van der Waals surface area contributed by atoms with E-state index in [1.807, 2.05) is 6.92 Å². The Bertz CT molecular complexity index is 555. The SMILES string of the molecule is CCCOCC(=O)Nc1cc(S(N)(=O)=O)ccc1C. The zero-order valence-electron chi connectivity index (χ0n) is 11.0. The molecule has 0 fully saturated rings. The molecule has 1 amide bonds. The van der Waals surface area contributed by atoms with Gasteiger partial charge in [-0.2, -0.15) is 0 Å². The second kappa shape index (κ2) is 6.65. The van der Waals surface area contributed by atoms with E-state index < -0.39 is 10.0 Å². The number of amides is 1. The first-order valence-corrected chi connectivity index (χ1v) is 7.40. The number of benzene rings is 1. The molecule has 0 aliphatic heterocycles. The topological polar surface area (TPSA) is 98.5 Å². The van der Waals surface area contributed by atoms with E-state index in [1.54, 1.807) is 13.0 Å². The van der Waals surface area contributed by atoms with Gasteiger partial charge in [0.2, 0.25) is 15.9 Å². The number of nitrogens with one attached hydrogen (secondary N) is 1. The largest absolute Gasteiger partial charge is 0.372 e. The Morgan fingerprint density at radius 2 is 2.11 bits per heavy atom. The third-order valence-electron chi connectivity index (χ3n) is 2.39. The standard InChI is InChI=1S/C12H18N2O4S/c1-3-6-18-8-12(15)14-11-7-10(19(13,16)17)5-4-9(11)2/h4-5,7H,3,6,8H2,1-2H3,(H,14,15)(H2,13,16,17). The van der Waals surface area contributed by atoms with Gasteiger partial charge in [0.15, 0.2) is 0 Å². The molecule has 1 aromatic rings. The van der Waals surface area contributed by atoms with Crippen molar-refractivity contribution in [3.63, 3.8) is 0 Å². The van der Waals surface area contributed by atoms with Gasteiger partial charge in [0, 0.05) is 12.3 Å². The lowest BCUT2D eigenvalue weighted by Gasteiger charge is -2.10. The predicted molar refractivity (Wildman–Crippen MR) is 72.3 cm³/mol. The van der Waals surface area contributed by atoms with Crippen LogP contribution in [0, 0.1) is 6.92 Å². The molecule has 0 heterocycles. The summed E-state index contributed by atoms with van der Waals surface area (Å²) in [6, 6.07) is 4.32. The summed E-state index contributed by atoms with van der Waals surface area (Å²) in [6.07, 6.45) is 0.827. The molecule has 1 aromatic carbocycles. The van der Waals surface area contributed by atoms with Crippen LogP contribution in [0.25, 0.3) is 0 Å². The summed E-state index contributed by atoms with van der Waals surface area (Å²) < 4.78 is 27.6. The number of primary sulfonamides is 1. The van der Waals surface area contributed by atoms with Gasteiger partial charge in [-0.15, -0.1) is 0 Å². The van der Waals surface area contributed by atoms with Crippen LogP contribution in [0.15, 0.2) is 23.1 Å². The first-order chi connectivity index (χ1) is 8.84. The molecule has 0 saturated carbocycles. The van der Waals surface area contributed by atoms with Gasteiger partial charge in [-0.05, 0) is 31.0 Å². The molecule has 106 valence electrons. The molecule has 7 heteroatoms. The number of ether oxygens (including phenoxy) is 1. The first-order valence-electron chi connectivity index (χ1n) is 5.85. The molecule has 0 saturated heterocycles. The second-order valence-electron chi connectivity index (χ2n) is 4.12. The molecule has 0 aliphatic carbocycles. The third kappa shape index (κ3) is 4.98. The first kappa shape index (κ1) is 15.6. The van der Waals surface area contributed by atoms with Gasteiger partial charge in [0.1, 0.15) is 6.61 Å². The molecule has 0 aliphatic rings. The lowest BCUT2D eigenvalue weighted by molar-refractivity contribution is -0.120. The van der Waals surface area contributed by atoms with Crippen LogP contribution in [0.5, 0.6) is 0 Å². The minimum atomic E-state index is -3.78. The van der Waals surface area contributed by atoms with Gasteiger partial charge in [0.25, 0.3) is 0 Å². The highest BCUT2D eigenvalue weighted by Gasteiger charge is 2.11. The molecular formula is C12H18N2O4S. The fourth-order valence-electron chi connectivity index (χ4n) is 1.41. The van der Waals surface area contributed by atoms with E-state index in [9.17, 15) is 13.2 Å². The monoisotopic (exact) mass is 286 g/mol. The van der Waals surface area contributed by atoms with Crippen LogP contribution in [0.1, 0.15) is 18.9 Å². The minimum absolute atomic E-state index is 0.0390. The summed E-state index contributed by atoms with van der Waals surface area (Å²) in [4.78, 5) is 11.5. The van der Waals surface area contributed by atoms with Crippen LogP contribution in [0.3, 0.4) is 0 Å². The molecule has 0 aromatic heterocycles. The molecule has 0 spiro atoms. The lowest BCUT2D eigenvalue weighted by atomic mass is 10.2. The van der Waals surface area contributed by atoms with Gasteiger partial charge >= 0.3 is 0 Å². The van der Waals surface area contributed by atoms with Crippen molar-refractivity contribution in [2.75, 3.05) is 18.5 Å². The Labute approximate surface area is 113 Å². The average Bonchev–Trinajstić information content (AvgIpc) is 2.31. The maximum absolute atomic E-state index is 11.6. The van der Waals surface area contributed by atoms with E-state index in [0.29, 0.717) is 12.3 Å². The third-order valence-corrected chi connectivity index (χ3v) is 3.30. The van der Waals surface area contributed by atoms with Crippen molar-refractivity contribution in [2.45, 2.75) is 25.2 Å². The normalized spacial score (nSPS) is 11.3. The smallest absolute Gasteiger partial charge is 0.250 e. The van der Waals surface area contributed by atoms with E-state index in [-0.39, 0.29) is 17.4 Å². The van der Waals surface area contributed by atoms with Crippen molar-refractivity contribution in [3.8, 4) is 0 Å². The lowest BCUT2D eigenvalue weighted by Crippen LogP contribution is -2.20. The van der Waals surface area contributed by atoms with Crippen molar-refractivity contribution in [1.29, 1.82) is 0 Å². The summed E-state index contributed by atoms with van der Waals surface area (Å²) in [7, 11) is -3.78. The van der Waals surface area contributed by atoms with Crippen molar-refractivity contribution in [3.05, 3.63) is 23.8 Å². The van der Waals surface area contributed by atoms with E-state index in [2.05, 4.69) is 5.32 Å².